The van der Waals surface area contributed by atoms with Crippen molar-refractivity contribution in [1.29, 1.82) is 0 Å². The predicted molar refractivity (Wildman–Crippen MR) is 63.8 cm³/mol. The molecule has 4 nitrogen and oxygen atoms in total. The summed E-state index contributed by atoms with van der Waals surface area (Å²) in [4.78, 5) is 11.8. The van der Waals surface area contributed by atoms with Crippen molar-refractivity contribution in [1.82, 2.24) is 9.88 Å². The zero-order valence-electron chi connectivity index (χ0n) is 8.96. The van der Waals surface area contributed by atoms with Crippen LogP contribution in [0.2, 0.25) is 0 Å². The third kappa shape index (κ3) is 3.07. The molecule has 0 aliphatic heterocycles. The number of aryl methyl sites for hydroxylation is 1. The van der Waals surface area contributed by atoms with E-state index in [-0.39, 0.29) is 11.9 Å². The lowest BCUT2D eigenvalue weighted by molar-refractivity contribution is 0.0932. The van der Waals surface area contributed by atoms with Gasteiger partial charge in [-0.3, -0.25) is 4.79 Å². The van der Waals surface area contributed by atoms with Gasteiger partial charge in [0.05, 0.1) is 0 Å². The molecule has 0 radical (unpaired) electrons. The first-order valence-corrected chi connectivity index (χ1v) is 5.74. The van der Waals surface area contributed by atoms with Gasteiger partial charge in [-0.25, -0.2) is 0 Å². The highest BCUT2D eigenvalue weighted by molar-refractivity contribution is 9.10. The van der Waals surface area contributed by atoms with E-state index in [9.17, 15) is 4.79 Å². The van der Waals surface area contributed by atoms with Gasteiger partial charge in [-0.2, -0.15) is 0 Å². The molecule has 0 aromatic carbocycles. The van der Waals surface area contributed by atoms with Crippen molar-refractivity contribution in [2.45, 2.75) is 26.4 Å². The second-order valence-electron chi connectivity index (χ2n) is 3.44. The number of rotatable bonds is 4. The van der Waals surface area contributed by atoms with Crippen LogP contribution in [0.3, 0.4) is 0 Å². The minimum absolute atomic E-state index is 0.00326. The van der Waals surface area contributed by atoms with Crippen molar-refractivity contribution >= 4 is 21.8 Å². The van der Waals surface area contributed by atoms with Crippen LogP contribution in [0.25, 0.3) is 0 Å². The smallest absolute Gasteiger partial charge is 0.268 e. The zero-order chi connectivity index (χ0) is 11.4. The fourth-order valence-corrected chi connectivity index (χ4v) is 1.75. The number of nitrogens with one attached hydrogen (secondary N) is 1. The first kappa shape index (κ1) is 12.3. The zero-order valence-corrected chi connectivity index (χ0v) is 10.5. The van der Waals surface area contributed by atoms with E-state index in [0.717, 1.165) is 11.0 Å². The normalized spacial score (nSPS) is 12.5. The van der Waals surface area contributed by atoms with Gasteiger partial charge in [-0.1, -0.05) is 0 Å². The van der Waals surface area contributed by atoms with Crippen LogP contribution in [0, 0.1) is 0 Å². The monoisotopic (exact) mass is 273 g/mol. The molecular formula is C10H16BrN3O. The van der Waals surface area contributed by atoms with E-state index in [0.29, 0.717) is 12.2 Å². The Balaban J connectivity index is 2.81. The SMILES string of the molecule is CCn1cc(Br)cc1C(=O)NC(C)CN. The molecule has 84 valence electrons. The van der Waals surface area contributed by atoms with Crippen LogP contribution < -0.4 is 11.1 Å². The predicted octanol–water partition coefficient (Wildman–Crippen LogP) is 1.35. The third-order valence-corrected chi connectivity index (χ3v) is 2.60. The second kappa shape index (κ2) is 5.32. The molecule has 0 aliphatic rings. The summed E-state index contributed by atoms with van der Waals surface area (Å²) in [6, 6.07) is 1.80. The van der Waals surface area contributed by atoms with Gasteiger partial charge in [0.1, 0.15) is 5.69 Å². The van der Waals surface area contributed by atoms with E-state index in [1.54, 1.807) is 0 Å². The van der Waals surface area contributed by atoms with Crippen LogP contribution in [-0.2, 0) is 6.54 Å². The van der Waals surface area contributed by atoms with E-state index in [4.69, 9.17) is 5.73 Å². The quantitative estimate of drug-likeness (QED) is 0.870. The Kier molecular flexibility index (Phi) is 4.35. The van der Waals surface area contributed by atoms with Crippen LogP contribution >= 0.6 is 15.9 Å². The molecule has 0 spiro atoms. The molecule has 1 atom stereocenters. The van der Waals surface area contributed by atoms with Gasteiger partial charge in [-0.05, 0) is 35.8 Å². The first-order chi connectivity index (χ1) is 7.08. The van der Waals surface area contributed by atoms with Crippen molar-refractivity contribution in [3.8, 4) is 0 Å². The largest absolute Gasteiger partial charge is 0.347 e. The molecule has 1 amide bonds. The molecule has 1 aromatic heterocycles. The summed E-state index contributed by atoms with van der Waals surface area (Å²) in [5.74, 6) is -0.0829. The highest BCUT2D eigenvalue weighted by atomic mass is 79.9. The summed E-state index contributed by atoms with van der Waals surface area (Å²) in [5.41, 5.74) is 6.10. The van der Waals surface area contributed by atoms with Crippen LogP contribution in [0.15, 0.2) is 16.7 Å². The van der Waals surface area contributed by atoms with Gasteiger partial charge in [0.25, 0.3) is 5.91 Å². The van der Waals surface area contributed by atoms with Crippen molar-refractivity contribution in [3.05, 3.63) is 22.4 Å². The number of aromatic nitrogens is 1. The summed E-state index contributed by atoms with van der Waals surface area (Å²) in [6.07, 6.45) is 1.89. The summed E-state index contributed by atoms with van der Waals surface area (Å²) >= 11 is 3.35. The van der Waals surface area contributed by atoms with E-state index in [1.807, 2.05) is 30.7 Å². The fourth-order valence-electron chi connectivity index (χ4n) is 1.28. The molecule has 1 aromatic rings. The lowest BCUT2D eigenvalue weighted by Gasteiger charge is -2.12. The van der Waals surface area contributed by atoms with E-state index < -0.39 is 0 Å². The lowest BCUT2D eigenvalue weighted by atomic mass is 10.3. The van der Waals surface area contributed by atoms with Crippen LogP contribution in [0.5, 0.6) is 0 Å². The van der Waals surface area contributed by atoms with Crippen molar-refractivity contribution < 1.29 is 4.79 Å². The number of carbonyl (C=O) groups is 1. The molecule has 1 heterocycles. The number of carbonyl (C=O) groups excluding carboxylic acids is 1. The molecule has 0 aliphatic carbocycles. The minimum atomic E-state index is -0.0829. The molecule has 1 unspecified atom stereocenters. The lowest BCUT2D eigenvalue weighted by Crippen LogP contribution is -2.38. The maximum atomic E-state index is 11.8. The van der Waals surface area contributed by atoms with Gasteiger partial charge in [0.15, 0.2) is 0 Å². The van der Waals surface area contributed by atoms with Crippen molar-refractivity contribution in [2.24, 2.45) is 5.73 Å². The number of halogens is 1. The fraction of sp³-hybridized carbons (Fsp3) is 0.500. The van der Waals surface area contributed by atoms with Gasteiger partial charge >= 0.3 is 0 Å². The highest BCUT2D eigenvalue weighted by Gasteiger charge is 2.13. The number of hydrogen-bond acceptors (Lipinski definition) is 2. The standard InChI is InChI=1S/C10H16BrN3O/c1-3-14-6-8(11)4-9(14)10(15)13-7(2)5-12/h4,6-7H,3,5,12H2,1-2H3,(H,13,15). The molecule has 5 heteroatoms. The summed E-state index contributed by atoms with van der Waals surface area (Å²) in [7, 11) is 0. The maximum absolute atomic E-state index is 11.8. The Morgan fingerprint density at radius 3 is 2.93 bits per heavy atom. The molecule has 0 saturated heterocycles. The summed E-state index contributed by atoms with van der Waals surface area (Å²) < 4.78 is 2.80. The maximum Gasteiger partial charge on any atom is 0.268 e. The number of amides is 1. The number of nitrogens with zero attached hydrogens (tertiary/aromatic N) is 1. The average molecular weight is 274 g/mol. The number of hydrogen-bond donors (Lipinski definition) is 2. The van der Waals surface area contributed by atoms with Crippen LogP contribution in [0.4, 0.5) is 0 Å². The Labute approximate surface area is 98.0 Å². The molecule has 1 rings (SSSR count). The minimum Gasteiger partial charge on any atom is -0.347 e. The number of nitrogens with two attached hydrogens (primary N) is 1. The van der Waals surface area contributed by atoms with Crippen LogP contribution in [-0.4, -0.2) is 23.1 Å². The van der Waals surface area contributed by atoms with E-state index in [2.05, 4.69) is 21.2 Å². The van der Waals surface area contributed by atoms with Gasteiger partial charge in [-0.15, -0.1) is 0 Å². The van der Waals surface area contributed by atoms with E-state index in [1.165, 1.54) is 0 Å². The van der Waals surface area contributed by atoms with Crippen molar-refractivity contribution in [3.63, 3.8) is 0 Å². The second-order valence-corrected chi connectivity index (χ2v) is 4.36. The third-order valence-electron chi connectivity index (χ3n) is 2.17. The van der Waals surface area contributed by atoms with Gasteiger partial charge in [0, 0.05) is 29.8 Å². The summed E-state index contributed by atoms with van der Waals surface area (Å²) in [5, 5.41) is 2.83. The Morgan fingerprint density at radius 2 is 2.40 bits per heavy atom. The molecular weight excluding hydrogens is 258 g/mol. The Bertz CT molecular complexity index is 348. The van der Waals surface area contributed by atoms with Gasteiger partial charge in [0.2, 0.25) is 0 Å². The average Bonchev–Trinajstić information content (AvgIpc) is 2.59. The Hall–Kier alpha value is -0.810. The molecule has 3 N–H and O–H groups in total. The molecule has 0 saturated carbocycles. The van der Waals surface area contributed by atoms with Gasteiger partial charge < -0.3 is 15.6 Å². The molecule has 0 fully saturated rings. The topological polar surface area (TPSA) is 60.0 Å². The van der Waals surface area contributed by atoms with Crippen molar-refractivity contribution in [2.75, 3.05) is 6.54 Å². The highest BCUT2D eigenvalue weighted by Crippen LogP contribution is 2.14. The van der Waals surface area contributed by atoms with Crippen LogP contribution in [0.1, 0.15) is 24.3 Å². The molecule has 15 heavy (non-hydrogen) atoms. The van der Waals surface area contributed by atoms with E-state index >= 15 is 0 Å². The molecule has 0 bridgehead atoms. The Morgan fingerprint density at radius 1 is 1.73 bits per heavy atom. The summed E-state index contributed by atoms with van der Waals surface area (Å²) in [6.45, 7) is 5.09. The first-order valence-electron chi connectivity index (χ1n) is 4.95.